The molecule has 0 radical (unpaired) electrons. The predicted octanol–water partition coefficient (Wildman–Crippen LogP) is 3.13. The fourth-order valence-corrected chi connectivity index (χ4v) is 2.70. The van der Waals surface area contributed by atoms with Gasteiger partial charge in [0.2, 0.25) is 0 Å². The highest BCUT2D eigenvalue weighted by Gasteiger charge is 2.23. The van der Waals surface area contributed by atoms with Crippen LogP contribution in [0.3, 0.4) is 0 Å². The fraction of sp³-hybridized carbons (Fsp3) is 0.300. The second-order valence-electron chi connectivity index (χ2n) is 6.22. The van der Waals surface area contributed by atoms with Gasteiger partial charge in [0.05, 0.1) is 0 Å². The number of anilines is 2. The van der Waals surface area contributed by atoms with Crippen LogP contribution in [0.25, 0.3) is 0 Å². The van der Waals surface area contributed by atoms with Gasteiger partial charge in [-0.2, -0.15) is 0 Å². The summed E-state index contributed by atoms with van der Waals surface area (Å²) >= 11 is 0. The Morgan fingerprint density at radius 2 is 1.85 bits per heavy atom. The number of ether oxygens (including phenoxy) is 2. The number of hydrogen-bond acceptors (Lipinski definition) is 4. The lowest BCUT2D eigenvalue weighted by Crippen LogP contribution is -2.26. The molecule has 1 atom stereocenters. The number of benzene rings is 2. The molecule has 2 N–H and O–H groups in total. The van der Waals surface area contributed by atoms with Crippen molar-refractivity contribution >= 4 is 23.2 Å². The molecule has 1 aliphatic rings. The van der Waals surface area contributed by atoms with Crippen LogP contribution >= 0.6 is 0 Å². The molecule has 1 saturated heterocycles. The van der Waals surface area contributed by atoms with E-state index < -0.39 is 0 Å². The van der Waals surface area contributed by atoms with Crippen LogP contribution in [0.4, 0.5) is 11.4 Å². The molecule has 1 heterocycles. The maximum Gasteiger partial charge on any atom is 0.262 e. The van der Waals surface area contributed by atoms with E-state index in [0.29, 0.717) is 23.7 Å². The maximum atomic E-state index is 12.0. The van der Waals surface area contributed by atoms with Crippen molar-refractivity contribution in [1.29, 1.82) is 0 Å². The van der Waals surface area contributed by atoms with Crippen LogP contribution in [0.5, 0.6) is 5.75 Å². The number of hydrogen-bond donors (Lipinski definition) is 2. The van der Waals surface area contributed by atoms with Gasteiger partial charge in [0.15, 0.2) is 6.61 Å². The summed E-state index contributed by atoms with van der Waals surface area (Å²) in [4.78, 5) is 24.0. The molecule has 2 aromatic rings. The van der Waals surface area contributed by atoms with Gasteiger partial charge in [-0.25, -0.2) is 0 Å². The maximum absolute atomic E-state index is 12.0. The number of nitrogens with one attached hydrogen (secondary N) is 2. The largest absolute Gasteiger partial charge is 0.484 e. The number of amides is 2. The highest BCUT2D eigenvalue weighted by atomic mass is 16.5. The Hall–Kier alpha value is -2.86. The number of rotatable bonds is 6. The van der Waals surface area contributed by atoms with Crippen molar-refractivity contribution in [3.05, 3.63) is 54.1 Å². The lowest BCUT2D eigenvalue weighted by atomic mass is 10.2. The third-order valence-electron chi connectivity index (χ3n) is 4.02. The van der Waals surface area contributed by atoms with Crippen molar-refractivity contribution in [2.75, 3.05) is 23.8 Å². The molecule has 0 unspecified atom stereocenters. The Morgan fingerprint density at radius 3 is 2.50 bits per heavy atom. The Balaban J connectivity index is 1.47. The summed E-state index contributed by atoms with van der Waals surface area (Å²) in [6.07, 6.45) is 1.29. The van der Waals surface area contributed by atoms with E-state index in [0.717, 1.165) is 18.4 Å². The van der Waals surface area contributed by atoms with Crippen molar-refractivity contribution in [3.8, 4) is 5.75 Å². The average Bonchev–Trinajstić information content (AvgIpc) is 3.17. The monoisotopic (exact) mass is 354 g/mol. The highest BCUT2D eigenvalue weighted by Crippen LogP contribution is 2.17. The summed E-state index contributed by atoms with van der Waals surface area (Å²) in [7, 11) is 0. The van der Waals surface area contributed by atoms with E-state index in [-0.39, 0.29) is 24.5 Å². The molecule has 0 spiro atoms. The van der Waals surface area contributed by atoms with E-state index in [1.165, 1.54) is 0 Å². The minimum Gasteiger partial charge on any atom is -0.484 e. The Labute approximate surface area is 152 Å². The van der Waals surface area contributed by atoms with Gasteiger partial charge in [-0.1, -0.05) is 12.1 Å². The third-order valence-corrected chi connectivity index (χ3v) is 4.02. The Kier molecular flexibility index (Phi) is 5.86. The van der Waals surface area contributed by atoms with Gasteiger partial charge in [0, 0.05) is 18.0 Å². The van der Waals surface area contributed by atoms with E-state index in [1.807, 2.05) is 31.2 Å². The predicted molar refractivity (Wildman–Crippen MR) is 99.3 cm³/mol. The van der Waals surface area contributed by atoms with Crippen LogP contribution in [-0.2, 0) is 14.3 Å². The molecule has 136 valence electrons. The summed E-state index contributed by atoms with van der Waals surface area (Å²) in [5.41, 5.74) is 2.38. The molecule has 2 aromatic carbocycles. The topological polar surface area (TPSA) is 76.7 Å². The molecule has 0 bridgehead atoms. The molecule has 0 aromatic heterocycles. The average molecular weight is 354 g/mol. The molecular formula is C20H22N2O4. The summed E-state index contributed by atoms with van der Waals surface area (Å²) in [5, 5.41) is 5.58. The first-order chi connectivity index (χ1) is 12.6. The van der Waals surface area contributed by atoms with Crippen LogP contribution in [0.15, 0.2) is 48.5 Å². The van der Waals surface area contributed by atoms with Crippen LogP contribution in [0, 0.1) is 6.92 Å². The zero-order valence-corrected chi connectivity index (χ0v) is 14.7. The SMILES string of the molecule is Cc1cccc(OCC(=O)Nc2ccc(NC(=O)[C@@H]3CCCO3)cc2)c1. The van der Waals surface area contributed by atoms with E-state index >= 15 is 0 Å². The Bertz CT molecular complexity index is 768. The minimum atomic E-state index is -0.367. The second-order valence-corrected chi connectivity index (χ2v) is 6.22. The smallest absolute Gasteiger partial charge is 0.262 e. The molecule has 0 saturated carbocycles. The van der Waals surface area contributed by atoms with Crippen molar-refractivity contribution < 1.29 is 19.1 Å². The molecule has 26 heavy (non-hydrogen) atoms. The van der Waals surface area contributed by atoms with Crippen LogP contribution in [0.2, 0.25) is 0 Å². The zero-order chi connectivity index (χ0) is 18.4. The van der Waals surface area contributed by atoms with Gasteiger partial charge in [0.1, 0.15) is 11.9 Å². The standard InChI is InChI=1S/C20H22N2O4/c1-14-4-2-5-17(12-14)26-13-19(23)21-15-7-9-16(10-8-15)22-20(24)18-6-3-11-25-18/h2,4-5,7-10,12,18H,3,6,11,13H2,1H3,(H,21,23)(H,22,24)/t18-/m0/s1. The first-order valence-electron chi connectivity index (χ1n) is 8.62. The first kappa shape index (κ1) is 17.9. The second kappa shape index (κ2) is 8.49. The number of carbonyl (C=O) groups is 2. The summed E-state index contributed by atoms with van der Waals surface area (Å²) < 4.78 is 10.8. The highest BCUT2D eigenvalue weighted by molar-refractivity contribution is 5.95. The first-order valence-corrected chi connectivity index (χ1v) is 8.62. The van der Waals surface area contributed by atoms with Gasteiger partial charge in [-0.05, 0) is 61.7 Å². The van der Waals surface area contributed by atoms with Crippen molar-refractivity contribution in [2.45, 2.75) is 25.9 Å². The van der Waals surface area contributed by atoms with E-state index in [9.17, 15) is 9.59 Å². The van der Waals surface area contributed by atoms with Gasteiger partial charge < -0.3 is 20.1 Å². The van der Waals surface area contributed by atoms with Crippen LogP contribution < -0.4 is 15.4 Å². The van der Waals surface area contributed by atoms with Gasteiger partial charge >= 0.3 is 0 Å². The molecule has 1 aliphatic heterocycles. The van der Waals surface area contributed by atoms with Crippen LogP contribution in [-0.4, -0.2) is 31.1 Å². The lowest BCUT2D eigenvalue weighted by Gasteiger charge is -2.11. The fourth-order valence-electron chi connectivity index (χ4n) is 2.70. The van der Waals surface area contributed by atoms with Crippen molar-refractivity contribution in [3.63, 3.8) is 0 Å². The summed E-state index contributed by atoms with van der Waals surface area (Å²) in [5.74, 6) is 0.279. The van der Waals surface area contributed by atoms with Gasteiger partial charge in [-0.15, -0.1) is 0 Å². The zero-order valence-electron chi connectivity index (χ0n) is 14.7. The van der Waals surface area contributed by atoms with E-state index in [2.05, 4.69) is 10.6 Å². The van der Waals surface area contributed by atoms with E-state index in [4.69, 9.17) is 9.47 Å². The third kappa shape index (κ3) is 5.07. The molecule has 0 aliphatic carbocycles. The lowest BCUT2D eigenvalue weighted by molar-refractivity contribution is -0.124. The van der Waals surface area contributed by atoms with Crippen molar-refractivity contribution in [1.82, 2.24) is 0 Å². The van der Waals surface area contributed by atoms with Crippen LogP contribution in [0.1, 0.15) is 18.4 Å². The number of aryl methyl sites for hydroxylation is 1. The molecule has 2 amide bonds. The van der Waals surface area contributed by atoms with Gasteiger partial charge in [0.25, 0.3) is 11.8 Å². The van der Waals surface area contributed by atoms with Crippen molar-refractivity contribution in [2.24, 2.45) is 0 Å². The minimum absolute atomic E-state index is 0.0685. The molecule has 6 heteroatoms. The van der Waals surface area contributed by atoms with E-state index in [1.54, 1.807) is 24.3 Å². The summed E-state index contributed by atoms with van der Waals surface area (Å²) in [6.45, 7) is 2.53. The molecular weight excluding hydrogens is 332 g/mol. The quantitative estimate of drug-likeness (QED) is 0.836. The summed E-state index contributed by atoms with van der Waals surface area (Å²) in [6, 6.07) is 14.5. The Morgan fingerprint density at radius 1 is 1.12 bits per heavy atom. The molecule has 6 nitrogen and oxygen atoms in total. The molecule has 1 fully saturated rings. The normalized spacial score (nSPS) is 16.1. The number of carbonyl (C=O) groups excluding carboxylic acids is 2. The van der Waals surface area contributed by atoms with Gasteiger partial charge in [-0.3, -0.25) is 9.59 Å². The molecule has 3 rings (SSSR count).